The number of furan rings is 1. The molecular formula is C26H31N3O4S. The van der Waals surface area contributed by atoms with Crippen LogP contribution in [0.15, 0.2) is 76.2 Å². The third kappa shape index (κ3) is 4.88. The van der Waals surface area contributed by atoms with Crippen molar-refractivity contribution in [1.29, 1.82) is 0 Å². The number of sulfonamides is 1. The number of fused-ring (bicyclic) bond motifs is 1. The van der Waals surface area contributed by atoms with Crippen LogP contribution in [0.1, 0.15) is 48.0 Å². The Labute approximate surface area is 201 Å². The van der Waals surface area contributed by atoms with Crippen molar-refractivity contribution in [3.63, 3.8) is 0 Å². The number of carbonyl (C=O) groups is 1. The second-order valence-corrected chi connectivity index (χ2v) is 10.2. The van der Waals surface area contributed by atoms with Gasteiger partial charge in [0, 0.05) is 18.7 Å². The third-order valence-corrected chi connectivity index (χ3v) is 8.14. The SMILES string of the molecule is CCN(CC)C(CNC(=O)c1cccc(S(=O)(=O)N2CCCc3ccccc32)c1)c1ccco1. The van der Waals surface area contributed by atoms with Gasteiger partial charge in [0.05, 0.1) is 22.9 Å². The summed E-state index contributed by atoms with van der Waals surface area (Å²) in [5.41, 5.74) is 2.04. The lowest BCUT2D eigenvalue weighted by molar-refractivity contribution is 0.0929. The Kier molecular flexibility index (Phi) is 7.38. The van der Waals surface area contributed by atoms with E-state index in [0.717, 1.165) is 37.3 Å². The molecule has 1 aliphatic rings. The van der Waals surface area contributed by atoms with E-state index in [1.807, 2.05) is 36.4 Å². The number of aryl methyl sites for hydroxylation is 1. The van der Waals surface area contributed by atoms with E-state index in [0.29, 0.717) is 24.3 Å². The topological polar surface area (TPSA) is 82.9 Å². The van der Waals surface area contributed by atoms with E-state index in [9.17, 15) is 13.2 Å². The molecule has 0 fully saturated rings. The van der Waals surface area contributed by atoms with E-state index in [2.05, 4.69) is 24.1 Å². The Bertz CT molecular complexity index is 1220. The van der Waals surface area contributed by atoms with Crippen LogP contribution in [-0.2, 0) is 16.4 Å². The highest BCUT2D eigenvalue weighted by Crippen LogP contribution is 2.32. The molecule has 1 aliphatic heterocycles. The van der Waals surface area contributed by atoms with Gasteiger partial charge in [0.2, 0.25) is 0 Å². The summed E-state index contributed by atoms with van der Waals surface area (Å²) in [6.07, 6.45) is 3.24. The summed E-state index contributed by atoms with van der Waals surface area (Å²) in [6.45, 7) is 6.52. The number of rotatable bonds is 9. The minimum Gasteiger partial charge on any atom is -0.468 e. The summed E-state index contributed by atoms with van der Waals surface area (Å²) in [5, 5.41) is 2.96. The second-order valence-electron chi connectivity index (χ2n) is 8.30. The zero-order valence-corrected chi connectivity index (χ0v) is 20.4. The van der Waals surface area contributed by atoms with Gasteiger partial charge in [-0.25, -0.2) is 8.42 Å². The first-order chi connectivity index (χ1) is 16.5. The quantitative estimate of drug-likeness (QED) is 0.494. The van der Waals surface area contributed by atoms with Gasteiger partial charge < -0.3 is 9.73 Å². The van der Waals surface area contributed by atoms with Crippen LogP contribution >= 0.6 is 0 Å². The Morgan fingerprint density at radius 1 is 1.09 bits per heavy atom. The molecule has 1 aromatic heterocycles. The van der Waals surface area contributed by atoms with Gasteiger partial charge in [-0.3, -0.25) is 14.0 Å². The molecule has 1 atom stereocenters. The van der Waals surface area contributed by atoms with Crippen LogP contribution in [0.25, 0.3) is 0 Å². The summed E-state index contributed by atoms with van der Waals surface area (Å²) in [5.74, 6) is 0.462. The van der Waals surface area contributed by atoms with Crippen LogP contribution in [0.3, 0.4) is 0 Å². The van der Waals surface area contributed by atoms with Crippen molar-refractivity contribution in [2.24, 2.45) is 0 Å². The van der Waals surface area contributed by atoms with Crippen molar-refractivity contribution < 1.29 is 17.6 Å². The number of hydrogen-bond donors (Lipinski definition) is 1. The fourth-order valence-electron chi connectivity index (χ4n) is 4.52. The van der Waals surface area contributed by atoms with Gasteiger partial charge in [-0.15, -0.1) is 0 Å². The number of hydrogen-bond acceptors (Lipinski definition) is 5. The number of nitrogens with one attached hydrogen (secondary N) is 1. The second kappa shape index (κ2) is 10.4. The number of carbonyl (C=O) groups excluding carboxylic acids is 1. The average Bonchev–Trinajstić information content (AvgIpc) is 3.40. The molecule has 0 spiro atoms. The monoisotopic (exact) mass is 481 g/mol. The maximum Gasteiger partial charge on any atom is 0.264 e. The molecule has 7 nitrogen and oxygen atoms in total. The Hall–Kier alpha value is -3.10. The first kappa shape index (κ1) is 24.0. The lowest BCUT2D eigenvalue weighted by Crippen LogP contribution is -2.38. The molecular weight excluding hydrogens is 450 g/mol. The van der Waals surface area contributed by atoms with Crippen molar-refractivity contribution in [2.75, 3.05) is 30.5 Å². The first-order valence-corrected chi connectivity index (χ1v) is 13.2. The summed E-state index contributed by atoms with van der Waals surface area (Å²) in [7, 11) is -3.79. The molecule has 8 heteroatoms. The number of benzene rings is 2. The molecule has 180 valence electrons. The van der Waals surface area contributed by atoms with Gasteiger partial charge in [0.15, 0.2) is 0 Å². The van der Waals surface area contributed by atoms with Crippen LogP contribution in [0, 0.1) is 0 Å². The molecule has 0 aliphatic carbocycles. The van der Waals surface area contributed by atoms with Crippen LogP contribution < -0.4 is 9.62 Å². The van der Waals surface area contributed by atoms with Gasteiger partial charge in [-0.1, -0.05) is 38.1 Å². The Morgan fingerprint density at radius 2 is 1.88 bits per heavy atom. The molecule has 1 N–H and O–H groups in total. The number of nitrogens with zero attached hydrogens (tertiary/aromatic N) is 2. The van der Waals surface area contributed by atoms with Crippen LogP contribution in [-0.4, -0.2) is 45.4 Å². The largest absolute Gasteiger partial charge is 0.468 e. The van der Waals surface area contributed by atoms with E-state index in [1.165, 1.54) is 10.4 Å². The van der Waals surface area contributed by atoms with Gasteiger partial charge in [-0.2, -0.15) is 0 Å². The van der Waals surface area contributed by atoms with E-state index in [1.54, 1.807) is 24.5 Å². The van der Waals surface area contributed by atoms with Gasteiger partial charge in [-0.05, 0) is 67.9 Å². The van der Waals surface area contributed by atoms with E-state index in [-0.39, 0.29) is 16.8 Å². The standard InChI is InChI=1S/C26H31N3O4S/c1-3-28(4-2)24(25-15-9-17-33-25)19-27-26(30)21-11-7-13-22(18-21)34(31,32)29-16-8-12-20-10-5-6-14-23(20)29/h5-7,9-11,13-15,17-18,24H,3-4,8,12,16,19H2,1-2H3,(H,27,30). The predicted octanol–water partition coefficient (Wildman–Crippen LogP) is 4.23. The smallest absolute Gasteiger partial charge is 0.264 e. The maximum atomic E-state index is 13.5. The highest BCUT2D eigenvalue weighted by molar-refractivity contribution is 7.92. The van der Waals surface area contributed by atoms with Gasteiger partial charge in [0.25, 0.3) is 15.9 Å². The highest BCUT2D eigenvalue weighted by Gasteiger charge is 2.29. The molecule has 1 amide bonds. The molecule has 0 bridgehead atoms. The minimum absolute atomic E-state index is 0.106. The Balaban J connectivity index is 1.54. The third-order valence-electron chi connectivity index (χ3n) is 6.33. The van der Waals surface area contributed by atoms with Crippen molar-refractivity contribution in [1.82, 2.24) is 10.2 Å². The zero-order chi connectivity index (χ0) is 24.1. The fourth-order valence-corrected chi connectivity index (χ4v) is 6.11. The summed E-state index contributed by atoms with van der Waals surface area (Å²) >= 11 is 0. The fraction of sp³-hybridized carbons (Fsp3) is 0.346. The summed E-state index contributed by atoms with van der Waals surface area (Å²) < 4.78 is 34.0. The van der Waals surface area contributed by atoms with Crippen molar-refractivity contribution in [3.05, 3.63) is 83.8 Å². The first-order valence-electron chi connectivity index (χ1n) is 11.7. The van der Waals surface area contributed by atoms with E-state index in [4.69, 9.17) is 4.42 Å². The number of amides is 1. The summed E-state index contributed by atoms with van der Waals surface area (Å²) in [4.78, 5) is 15.3. The molecule has 0 saturated carbocycles. The van der Waals surface area contributed by atoms with Crippen molar-refractivity contribution in [2.45, 2.75) is 37.6 Å². The van der Waals surface area contributed by atoms with Crippen molar-refractivity contribution in [3.8, 4) is 0 Å². The molecule has 2 heterocycles. The van der Waals surface area contributed by atoms with Crippen molar-refractivity contribution >= 4 is 21.6 Å². The van der Waals surface area contributed by atoms with Gasteiger partial charge in [0.1, 0.15) is 5.76 Å². The van der Waals surface area contributed by atoms with E-state index >= 15 is 0 Å². The molecule has 0 saturated heterocycles. The summed E-state index contributed by atoms with van der Waals surface area (Å²) in [6, 6.07) is 17.5. The molecule has 34 heavy (non-hydrogen) atoms. The van der Waals surface area contributed by atoms with Crippen LogP contribution in [0.2, 0.25) is 0 Å². The van der Waals surface area contributed by atoms with Gasteiger partial charge >= 0.3 is 0 Å². The molecule has 0 radical (unpaired) electrons. The molecule has 4 rings (SSSR count). The van der Waals surface area contributed by atoms with Crippen LogP contribution in [0.5, 0.6) is 0 Å². The molecule has 3 aromatic rings. The number of likely N-dealkylation sites (N-methyl/N-ethyl adjacent to an activating group) is 1. The Morgan fingerprint density at radius 3 is 2.62 bits per heavy atom. The highest BCUT2D eigenvalue weighted by atomic mass is 32.2. The van der Waals surface area contributed by atoms with E-state index < -0.39 is 10.0 Å². The average molecular weight is 482 g/mol. The number of para-hydroxylation sites is 1. The molecule has 1 unspecified atom stereocenters. The lowest BCUT2D eigenvalue weighted by atomic mass is 10.0. The minimum atomic E-state index is -3.79. The predicted molar refractivity (Wildman–Crippen MR) is 132 cm³/mol. The zero-order valence-electron chi connectivity index (χ0n) is 19.6. The normalized spacial score (nSPS) is 14.6. The molecule has 2 aromatic carbocycles. The van der Waals surface area contributed by atoms with Crippen LogP contribution in [0.4, 0.5) is 5.69 Å². The maximum absolute atomic E-state index is 13.5. The number of anilines is 1. The lowest BCUT2D eigenvalue weighted by Gasteiger charge is -2.30.